The second-order valence-corrected chi connectivity index (χ2v) is 7.10. The van der Waals surface area contributed by atoms with E-state index in [1.54, 1.807) is 12.1 Å². The number of tetrazole rings is 1. The summed E-state index contributed by atoms with van der Waals surface area (Å²) in [4.78, 5) is 26.0. The van der Waals surface area contributed by atoms with E-state index in [1.807, 2.05) is 0 Å². The van der Waals surface area contributed by atoms with Crippen LogP contribution in [0.25, 0.3) is 0 Å². The van der Waals surface area contributed by atoms with Crippen LogP contribution in [0.2, 0.25) is 10.0 Å². The van der Waals surface area contributed by atoms with Crippen LogP contribution in [0.3, 0.4) is 0 Å². The summed E-state index contributed by atoms with van der Waals surface area (Å²) in [6.07, 6.45) is 0. The summed E-state index contributed by atoms with van der Waals surface area (Å²) in [5.74, 6) is -1.75. The molecule has 152 valence electrons. The Bertz CT molecular complexity index is 1190. The van der Waals surface area contributed by atoms with E-state index in [1.165, 1.54) is 30.0 Å². The maximum absolute atomic E-state index is 13.5. The van der Waals surface area contributed by atoms with Crippen molar-refractivity contribution in [3.8, 4) is 0 Å². The van der Waals surface area contributed by atoms with Gasteiger partial charge in [0, 0.05) is 21.2 Å². The number of ether oxygens (including phenoxy) is 1. The van der Waals surface area contributed by atoms with Gasteiger partial charge in [-0.15, -0.1) is 0 Å². The number of hydrogen-bond acceptors (Lipinski definition) is 7. The number of methoxy groups -OCH3 is 1. The molecular weight excluding hydrogens is 436 g/mol. The zero-order chi connectivity index (χ0) is 21.4. The Morgan fingerprint density at radius 3 is 2.57 bits per heavy atom. The number of nitrogens with zero attached hydrogens (tertiary/aromatic N) is 4. The van der Waals surface area contributed by atoms with Crippen molar-refractivity contribution in [2.75, 3.05) is 12.4 Å². The summed E-state index contributed by atoms with van der Waals surface area (Å²) in [5, 5.41) is 14.8. The lowest BCUT2D eigenvalue weighted by atomic mass is 9.89. The van der Waals surface area contributed by atoms with E-state index in [2.05, 4.69) is 20.8 Å². The number of halogens is 3. The minimum atomic E-state index is -0.965. The lowest BCUT2D eigenvalue weighted by Gasteiger charge is -2.28. The molecule has 1 atom stereocenters. The van der Waals surface area contributed by atoms with Crippen molar-refractivity contribution in [3.63, 3.8) is 0 Å². The third kappa shape index (κ3) is 3.42. The molecule has 0 bridgehead atoms. The Kier molecular flexibility index (Phi) is 5.23. The minimum absolute atomic E-state index is 0.0162. The quantitative estimate of drug-likeness (QED) is 0.482. The molecule has 1 aromatic heterocycles. The molecular formula is C19H12Cl2FN5O3. The number of nitrogens with one attached hydrogen (secondary N) is 1. The van der Waals surface area contributed by atoms with E-state index in [-0.39, 0.29) is 27.8 Å². The number of Topliss-reactive ketones (excluding diaryl/α,β-unsaturated/α-hetero) is 1. The highest BCUT2D eigenvalue weighted by atomic mass is 35.5. The molecule has 0 unspecified atom stereocenters. The predicted octanol–water partition coefficient (Wildman–Crippen LogP) is 3.44. The maximum atomic E-state index is 13.5. The van der Waals surface area contributed by atoms with Gasteiger partial charge in [-0.25, -0.2) is 9.18 Å². The average Bonchev–Trinajstić information content (AvgIpc) is 3.21. The summed E-state index contributed by atoms with van der Waals surface area (Å²) < 4.78 is 19.5. The van der Waals surface area contributed by atoms with Crippen LogP contribution in [0, 0.1) is 5.82 Å². The Morgan fingerprint density at radius 1 is 1.17 bits per heavy atom. The van der Waals surface area contributed by atoms with Crippen molar-refractivity contribution in [3.05, 3.63) is 80.7 Å². The van der Waals surface area contributed by atoms with Crippen LogP contribution in [-0.2, 0) is 9.53 Å². The van der Waals surface area contributed by atoms with Crippen LogP contribution in [0.1, 0.15) is 22.0 Å². The van der Waals surface area contributed by atoms with Crippen molar-refractivity contribution in [2.24, 2.45) is 0 Å². The lowest BCUT2D eigenvalue weighted by Crippen LogP contribution is -2.33. The number of allylic oxidation sites excluding steroid dienone is 1. The smallest absolute Gasteiger partial charge is 0.355 e. The molecule has 1 aliphatic rings. The zero-order valence-electron chi connectivity index (χ0n) is 15.3. The Morgan fingerprint density at radius 2 is 1.90 bits per heavy atom. The van der Waals surface area contributed by atoms with Crippen LogP contribution in [0.4, 0.5) is 10.3 Å². The third-order valence-corrected chi connectivity index (χ3v) is 5.08. The van der Waals surface area contributed by atoms with Crippen LogP contribution >= 0.6 is 23.2 Å². The van der Waals surface area contributed by atoms with E-state index >= 15 is 0 Å². The van der Waals surface area contributed by atoms with Crippen molar-refractivity contribution in [1.29, 1.82) is 0 Å². The molecule has 0 aliphatic carbocycles. The van der Waals surface area contributed by atoms with Gasteiger partial charge >= 0.3 is 5.97 Å². The van der Waals surface area contributed by atoms with Crippen molar-refractivity contribution in [1.82, 2.24) is 20.2 Å². The molecule has 0 amide bonds. The second-order valence-electron chi connectivity index (χ2n) is 6.26. The lowest BCUT2D eigenvalue weighted by molar-refractivity contribution is -0.136. The van der Waals surface area contributed by atoms with Crippen molar-refractivity contribution >= 4 is 40.9 Å². The van der Waals surface area contributed by atoms with Crippen LogP contribution in [0.5, 0.6) is 0 Å². The largest absolute Gasteiger partial charge is 0.464 e. The number of rotatable bonds is 4. The third-order valence-electron chi connectivity index (χ3n) is 4.51. The fourth-order valence-corrected chi connectivity index (χ4v) is 3.67. The van der Waals surface area contributed by atoms with Gasteiger partial charge < -0.3 is 10.1 Å². The summed E-state index contributed by atoms with van der Waals surface area (Å²) in [5.41, 5.74) is 0.423. The van der Waals surface area contributed by atoms with Gasteiger partial charge in [-0.2, -0.15) is 4.68 Å². The summed E-state index contributed by atoms with van der Waals surface area (Å²) >= 11 is 12.4. The summed E-state index contributed by atoms with van der Waals surface area (Å²) in [6, 6.07) is 8.66. The molecule has 2 aromatic carbocycles. The van der Waals surface area contributed by atoms with Gasteiger partial charge in [0.25, 0.3) is 0 Å². The van der Waals surface area contributed by atoms with E-state index in [4.69, 9.17) is 27.9 Å². The van der Waals surface area contributed by atoms with E-state index < -0.39 is 23.6 Å². The van der Waals surface area contributed by atoms with E-state index in [0.717, 1.165) is 12.1 Å². The highest BCUT2D eigenvalue weighted by molar-refractivity contribution is 6.35. The predicted molar refractivity (Wildman–Crippen MR) is 106 cm³/mol. The van der Waals surface area contributed by atoms with E-state index in [0.29, 0.717) is 10.6 Å². The molecule has 0 saturated carbocycles. The Hall–Kier alpha value is -3.30. The minimum Gasteiger partial charge on any atom is -0.464 e. The Labute approximate surface area is 179 Å². The molecule has 0 saturated heterocycles. The van der Waals surface area contributed by atoms with Gasteiger partial charge in [-0.3, -0.25) is 4.79 Å². The fraction of sp³-hybridized carbons (Fsp3) is 0.105. The normalized spacial score (nSPS) is 15.4. The highest BCUT2D eigenvalue weighted by Crippen LogP contribution is 2.39. The first-order valence-electron chi connectivity index (χ1n) is 8.53. The number of fused-ring (bicyclic) bond motifs is 1. The topological polar surface area (TPSA) is 99.0 Å². The van der Waals surface area contributed by atoms with Gasteiger partial charge in [0.15, 0.2) is 5.78 Å². The molecule has 0 fully saturated rings. The number of carbonyl (C=O) groups is 2. The number of hydrogen-bond donors (Lipinski definition) is 1. The Balaban J connectivity index is 1.97. The van der Waals surface area contributed by atoms with Crippen LogP contribution in [-0.4, -0.2) is 39.1 Å². The molecule has 4 rings (SSSR count). The number of esters is 1. The number of aromatic nitrogens is 4. The average molecular weight is 448 g/mol. The first-order chi connectivity index (χ1) is 14.4. The van der Waals surface area contributed by atoms with Gasteiger partial charge in [0.1, 0.15) is 17.6 Å². The van der Waals surface area contributed by atoms with Gasteiger partial charge in [0.05, 0.1) is 12.7 Å². The molecule has 30 heavy (non-hydrogen) atoms. The molecule has 3 aromatic rings. The van der Waals surface area contributed by atoms with Gasteiger partial charge in [-0.05, 0) is 46.8 Å². The molecule has 11 heteroatoms. The fourth-order valence-electron chi connectivity index (χ4n) is 3.16. The second kappa shape index (κ2) is 7.85. The van der Waals surface area contributed by atoms with E-state index in [9.17, 15) is 14.0 Å². The summed E-state index contributed by atoms with van der Waals surface area (Å²) in [6.45, 7) is 0. The number of carbonyl (C=O) groups excluding carboxylic acids is 2. The summed E-state index contributed by atoms with van der Waals surface area (Å²) in [7, 11) is 1.18. The first kappa shape index (κ1) is 20.0. The molecule has 1 aliphatic heterocycles. The molecule has 0 spiro atoms. The number of benzene rings is 2. The monoisotopic (exact) mass is 447 g/mol. The van der Waals surface area contributed by atoms with Gasteiger partial charge in [0.2, 0.25) is 5.95 Å². The first-order valence-corrected chi connectivity index (χ1v) is 9.29. The maximum Gasteiger partial charge on any atom is 0.355 e. The highest BCUT2D eigenvalue weighted by Gasteiger charge is 2.39. The standard InChI is InChI=1S/C19H12Cl2FN5O3/c1-30-18(29)15-14(17(28)9-2-5-11(22)6-3-9)16(27-19(23-15)24-25-26-27)12-7-4-10(20)8-13(12)21/h2-8,16H,1H3,(H,23,24,26)/t16-/m0/s1. The zero-order valence-corrected chi connectivity index (χ0v) is 16.8. The SMILES string of the molecule is COC(=O)C1=C(C(=O)c2ccc(F)cc2)[C@H](c2ccc(Cl)cc2Cl)n2nnnc2N1. The van der Waals surface area contributed by atoms with Crippen LogP contribution in [0.15, 0.2) is 53.7 Å². The molecule has 1 N–H and O–H groups in total. The van der Waals surface area contributed by atoms with Crippen LogP contribution < -0.4 is 5.32 Å². The van der Waals surface area contributed by atoms with Gasteiger partial charge in [-0.1, -0.05) is 34.4 Å². The number of ketones is 1. The van der Waals surface area contributed by atoms with Crippen molar-refractivity contribution < 1.29 is 18.7 Å². The molecule has 8 nitrogen and oxygen atoms in total. The van der Waals surface area contributed by atoms with Crippen molar-refractivity contribution in [2.45, 2.75) is 6.04 Å². The molecule has 0 radical (unpaired) electrons. The number of anilines is 1. The molecule has 2 heterocycles.